The smallest absolute Gasteiger partial charge is 0.406 e. The van der Waals surface area contributed by atoms with E-state index in [9.17, 15) is 18.0 Å². The van der Waals surface area contributed by atoms with Gasteiger partial charge in [-0.05, 0) is 36.6 Å². The van der Waals surface area contributed by atoms with Crippen molar-refractivity contribution in [1.82, 2.24) is 10.6 Å². The van der Waals surface area contributed by atoms with E-state index < -0.39 is 6.36 Å². The zero-order valence-electron chi connectivity index (χ0n) is 10.9. The molecule has 0 radical (unpaired) electrons. The minimum absolute atomic E-state index is 0.137. The van der Waals surface area contributed by atoms with Crippen LogP contribution >= 0.6 is 0 Å². The van der Waals surface area contributed by atoms with Crippen molar-refractivity contribution in [2.45, 2.75) is 24.9 Å². The molecule has 3 N–H and O–H groups in total. The zero-order chi connectivity index (χ0) is 15.0. The van der Waals surface area contributed by atoms with E-state index in [-0.39, 0.29) is 17.8 Å². The van der Waals surface area contributed by atoms with Crippen LogP contribution in [0.4, 0.5) is 23.7 Å². The van der Waals surface area contributed by atoms with Gasteiger partial charge < -0.3 is 20.7 Å². The summed E-state index contributed by atoms with van der Waals surface area (Å²) in [6.07, 6.45) is -3.64. The Hall–Kier alpha value is -1.96. The quantitative estimate of drug-likeness (QED) is 0.801. The Kier molecular flexibility index (Phi) is 3.40. The predicted molar refractivity (Wildman–Crippen MR) is 69.0 cm³/mol. The number of ether oxygens (including phenoxy) is 1. The van der Waals surface area contributed by atoms with Crippen molar-refractivity contribution < 1.29 is 22.7 Å². The summed E-state index contributed by atoms with van der Waals surface area (Å²) in [5.41, 5.74) is 0.404. The van der Waals surface area contributed by atoms with E-state index in [1.807, 2.05) is 0 Å². The number of carbonyl (C=O) groups excluding carboxylic acids is 1. The summed E-state index contributed by atoms with van der Waals surface area (Å²) in [6.45, 7) is 0.916. The van der Waals surface area contributed by atoms with Crippen molar-refractivity contribution in [3.8, 4) is 5.75 Å². The molecule has 2 amide bonds. The molecule has 114 valence electrons. The van der Waals surface area contributed by atoms with Crippen LogP contribution < -0.4 is 20.7 Å². The molecular formula is C13H14F3N3O2. The first-order valence-corrected chi connectivity index (χ1v) is 6.57. The first-order chi connectivity index (χ1) is 9.90. The fourth-order valence-electron chi connectivity index (χ4n) is 2.75. The molecule has 2 heterocycles. The summed E-state index contributed by atoms with van der Waals surface area (Å²) in [5, 5.41) is 8.72. The first-order valence-electron chi connectivity index (χ1n) is 6.57. The van der Waals surface area contributed by atoms with Gasteiger partial charge in [0.05, 0.1) is 0 Å². The highest BCUT2D eigenvalue weighted by molar-refractivity contribution is 5.89. The highest BCUT2D eigenvalue weighted by Gasteiger charge is 2.47. The number of amides is 2. The summed E-state index contributed by atoms with van der Waals surface area (Å²) in [4.78, 5) is 11.8. The lowest BCUT2D eigenvalue weighted by Gasteiger charge is -2.34. The van der Waals surface area contributed by atoms with Gasteiger partial charge in [0.15, 0.2) is 0 Å². The number of alkyl halides is 3. The molecule has 0 aromatic heterocycles. The SMILES string of the molecule is O=C(Nc1ccc(OC(F)(F)F)cc1)N[C@H]1[C@H]2CN[C@@H]1C2. The third-order valence-electron chi connectivity index (χ3n) is 3.78. The van der Waals surface area contributed by atoms with Crippen LogP contribution in [0.5, 0.6) is 5.75 Å². The number of halogens is 3. The van der Waals surface area contributed by atoms with Gasteiger partial charge >= 0.3 is 12.4 Å². The van der Waals surface area contributed by atoms with Crippen LogP contribution in [0.25, 0.3) is 0 Å². The van der Waals surface area contributed by atoms with Crippen LogP contribution in [0.3, 0.4) is 0 Å². The highest BCUT2D eigenvalue weighted by atomic mass is 19.4. The van der Waals surface area contributed by atoms with Crippen molar-refractivity contribution in [2.75, 3.05) is 11.9 Å². The Morgan fingerprint density at radius 3 is 2.52 bits per heavy atom. The second-order valence-electron chi connectivity index (χ2n) is 5.21. The van der Waals surface area contributed by atoms with Gasteiger partial charge in [0.25, 0.3) is 0 Å². The lowest BCUT2D eigenvalue weighted by molar-refractivity contribution is -0.274. The maximum absolute atomic E-state index is 12.0. The molecule has 0 spiro atoms. The Morgan fingerprint density at radius 2 is 2.00 bits per heavy atom. The normalized spacial score (nSPS) is 26.9. The minimum atomic E-state index is -4.72. The average Bonchev–Trinajstić information content (AvgIpc) is 3.00. The van der Waals surface area contributed by atoms with Gasteiger partial charge in [-0.15, -0.1) is 13.2 Å². The Labute approximate surface area is 118 Å². The van der Waals surface area contributed by atoms with Gasteiger partial charge in [0, 0.05) is 24.3 Å². The lowest BCUT2D eigenvalue weighted by atomic mass is 9.80. The molecule has 4 rings (SSSR count). The Morgan fingerprint density at radius 1 is 1.29 bits per heavy atom. The molecular weight excluding hydrogens is 287 g/mol. The van der Waals surface area contributed by atoms with Crippen molar-refractivity contribution in [3.63, 3.8) is 0 Å². The van der Waals surface area contributed by atoms with E-state index in [1.165, 1.54) is 12.1 Å². The van der Waals surface area contributed by atoms with Crippen LogP contribution in [0, 0.1) is 5.92 Å². The third kappa shape index (κ3) is 3.21. The summed E-state index contributed by atoms with van der Waals surface area (Å²) in [5.74, 6) is 0.151. The van der Waals surface area contributed by atoms with Gasteiger partial charge in [-0.25, -0.2) is 4.79 Å². The predicted octanol–water partition coefficient (Wildman–Crippen LogP) is 2.07. The molecule has 1 aromatic carbocycles. The van der Waals surface area contributed by atoms with Crippen molar-refractivity contribution >= 4 is 11.7 Å². The maximum atomic E-state index is 12.0. The van der Waals surface area contributed by atoms with Crippen molar-refractivity contribution in [3.05, 3.63) is 24.3 Å². The number of fused-ring (bicyclic) bond motifs is 1. The fourth-order valence-corrected chi connectivity index (χ4v) is 2.75. The third-order valence-corrected chi connectivity index (χ3v) is 3.78. The van der Waals surface area contributed by atoms with Gasteiger partial charge in [0.1, 0.15) is 5.75 Å². The zero-order valence-corrected chi connectivity index (χ0v) is 10.9. The van der Waals surface area contributed by atoms with Gasteiger partial charge in [-0.1, -0.05) is 0 Å². The monoisotopic (exact) mass is 301 g/mol. The van der Waals surface area contributed by atoms with Crippen molar-refractivity contribution in [2.24, 2.45) is 5.92 Å². The molecule has 1 aliphatic carbocycles. The number of anilines is 1. The fraction of sp³-hybridized carbons (Fsp3) is 0.462. The van der Waals surface area contributed by atoms with Gasteiger partial charge in [-0.3, -0.25) is 0 Å². The van der Waals surface area contributed by atoms with E-state index in [1.54, 1.807) is 0 Å². The Balaban J connectivity index is 1.51. The standard InChI is InChI=1S/C13H14F3N3O2/c14-13(15,16)21-9-3-1-8(2-4-9)18-12(20)19-11-7-5-10(11)17-6-7/h1-4,7,10-11,17H,5-6H2,(H2,18,19,20)/t7-,10-,11+/m1/s1. The highest BCUT2D eigenvalue weighted by Crippen LogP contribution is 2.33. The number of hydrogen-bond acceptors (Lipinski definition) is 3. The Bertz CT molecular complexity index is 518. The van der Waals surface area contributed by atoms with E-state index in [0.29, 0.717) is 17.6 Å². The van der Waals surface area contributed by atoms with E-state index in [0.717, 1.165) is 25.1 Å². The second-order valence-corrected chi connectivity index (χ2v) is 5.21. The van der Waals surface area contributed by atoms with Crippen LogP contribution in [0.1, 0.15) is 6.42 Å². The number of rotatable bonds is 3. The molecule has 1 aromatic rings. The number of hydrogen-bond donors (Lipinski definition) is 3. The molecule has 3 fully saturated rings. The molecule has 3 atom stereocenters. The summed E-state index contributed by atoms with van der Waals surface area (Å²) in [6, 6.07) is 5.13. The van der Waals surface area contributed by atoms with E-state index in [4.69, 9.17) is 0 Å². The molecule has 3 aliphatic rings. The summed E-state index contributed by atoms with van der Waals surface area (Å²) < 4.78 is 39.8. The number of urea groups is 1. The van der Waals surface area contributed by atoms with Crippen LogP contribution in [-0.2, 0) is 0 Å². The largest absolute Gasteiger partial charge is 0.573 e. The maximum Gasteiger partial charge on any atom is 0.573 e. The molecule has 2 bridgehead atoms. The van der Waals surface area contributed by atoms with Crippen LogP contribution in [-0.4, -0.2) is 31.0 Å². The molecule has 8 heteroatoms. The first kappa shape index (κ1) is 14.0. The topological polar surface area (TPSA) is 62.4 Å². The number of nitrogens with one attached hydrogen (secondary N) is 3. The van der Waals surface area contributed by atoms with Crippen molar-refractivity contribution in [1.29, 1.82) is 0 Å². The molecule has 2 aliphatic heterocycles. The van der Waals surface area contributed by atoms with E-state index in [2.05, 4.69) is 20.7 Å². The second kappa shape index (κ2) is 5.10. The summed E-state index contributed by atoms with van der Waals surface area (Å²) >= 11 is 0. The number of benzene rings is 1. The molecule has 21 heavy (non-hydrogen) atoms. The summed E-state index contributed by atoms with van der Waals surface area (Å²) in [7, 11) is 0. The van der Waals surface area contributed by atoms with Crippen LogP contribution in [0.15, 0.2) is 24.3 Å². The number of carbonyl (C=O) groups is 1. The van der Waals surface area contributed by atoms with Crippen LogP contribution in [0.2, 0.25) is 0 Å². The van der Waals surface area contributed by atoms with E-state index >= 15 is 0 Å². The molecule has 1 saturated carbocycles. The lowest BCUT2D eigenvalue weighted by Crippen LogP contribution is -2.55. The minimum Gasteiger partial charge on any atom is -0.406 e. The average molecular weight is 301 g/mol. The molecule has 2 saturated heterocycles. The van der Waals surface area contributed by atoms with Gasteiger partial charge in [0.2, 0.25) is 0 Å². The van der Waals surface area contributed by atoms with Gasteiger partial charge in [-0.2, -0.15) is 0 Å². The molecule has 0 unspecified atom stereocenters. The molecule has 5 nitrogen and oxygen atoms in total.